The van der Waals surface area contributed by atoms with E-state index in [1.807, 2.05) is 0 Å². The van der Waals surface area contributed by atoms with Crippen molar-refractivity contribution < 1.29 is 23.2 Å². The van der Waals surface area contributed by atoms with Gasteiger partial charge in [-0.1, -0.05) is 12.1 Å². The molecule has 0 bridgehead atoms. The van der Waals surface area contributed by atoms with E-state index in [9.17, 15) is 23.2 Å². The van der Waals surface area contributed by atoms with Gasteiger partial charge < -0.3 is 5.32 Å². The first kappa shape index (κ1) is 21.3. The Morgan fingerprint density at radius 2 is 1.47 bits per heavy atom. The first-order valence-corrected chi connectivity index (χ1v) is 10.3. The van der Waals surface area contributed by atoms with E-state index < -0.39 is 35.4 Å². The lowest BCUT2D eigenvalue weighted by molar-refractivity contribution is -0.119. The number of carbonyl (C=O) groups excluding carboxylic acids is 3. The smallest absolute Gasteiger partial charge is 0.262 e. The van der Waals surface area contributed by atoms with Gasteiger partial charge in [0.2, 0.25) is 5.91 Å². The van der Waals surface area contributed by atoms with Gasteiger partial charge in [0.05, 0.1) is 22.2 Å². The van der Waals surface area contributed by atoms with E-state index in [-0.39, 0.29) is 23.1 Å². The van der Waals surface area contributed by atoms with Crippen LogP contribution in [0.4, 0.5) is 14.5 Å². The first-order valence-electron chi connectivity index (χ1n) is 10.3. The molecule has 0 spiro atoms. The maximum atomic E-state index is 13.8. The molecule has 3 amide bonds. The molecule has 5 rings (SSSR count). The van der Waals surface area contributed by atoms with E-state index in [2.05, 4.69) is 15.3 Å². The van der Waals surface area contributed by atoms with Crippen LogP contribution in [0.15, 0.2) is 73.1 Å². The molecule has 1 atom stereocenters. The highest BCUT2D eigenvalue weighted by molar-refractivity contribution is 6.23. The summed E-state index contributed by atoms with van der Waals surface area (Å²) in [6.07, 6.45) is 2.77. The van der Waals surface area contributed by atoms with Crippen LogP contribution in [-0.2, 0) is 11.2 Å². The predicted octanol–water partition coefficient (Wildman–Crippen LogP) is 3.75. The average molecular weight is 458 g/mol. The number of aromatic nitrogens is 2. The number of hydrogen-bond donors (Lipinski definition) is 1. The van der Waals surface area contributed by atoms with Crippen LogP contribution in [0.5, 0.6) is 0 Å². The van der Waals surface area contributed by atoms with E-state index in [4.69, 9.17) is 0 Å². The summed E-state index contributed by atoms with van der Waals surface area (Å²) < 4.78 is 27.6. The van der Waals surface area contributed by atoms with Crippen molar-refractivity contribution in [1.29, 1.82) is 0 Å². The number of rotatable bonds is 5. The van der Waals surface area contributed by atoms with Crippen LogP contribution in [0.3, 0.4) is 0 Å². The second kappa shape index (κ2) is 8.43. The van der Waals surface area contributed by atoms with Crippen molar-refractivity contribution in [1.82, 2.24) is 14.9 Å². The average Bonchev–Trinajstić information content (AvgIpc) is 3.07. The fourth-order valence-electron chi connectivity index (χ4n) is 4.01. The zero-order chi connectivity index (χ0) is 23.8. The van der Waals surface area contributed by atoms with Gasteiger partial charge in [-0.25, -0.2) is 8.78 Å². The standard InChI is InChI=1S/C25H16F2N4O3/c26-15-9-14(10-16(27)12-15)11-22(31-24(33)18-3-1-2-4-19(18)25(31)34)23(32)30-17-5-6-20-21(13-17)29-8-7-28-20/h1-10,12-13,22H,11H2,(H,30,32)/t22-/m0/s1. The van der Waals surface area contributed by atoms with Crippen molar-refractivity contribution in [3.8, 4) is 0 Å². The maximum absolute atomic E-state index is 13.8. The molecular formula is C25H16F2N4O3. The highest BCUT2D eigenvalue weighted by Gasteiger charge is 2.42. The predicted molar refractivity (Wildman–Crippen MR) is 119 cm³/mol. The van der Waals surface area contributed by atoms with Crippen LogP contribution in [0.1, 0.15) is 26.3 Å². The molecule has 0 aliphatic carbocycles. The van der Waals surface area contributed by atoms with Crippen molar-refractivity contribution in [2.75, 3.05) is 5.32 Å². The minimum absolute atomic E-state index is 0.124. The van der Waals surface area contributed by atoms with Gasteiger partial charge in [0, 0.05) is 30.6 Å². The quantitative estimate of drug-likeness (QED) is 0.460. The Balaban J connectivity index is 1.51. The van der Waals surface area contributed by atoms with Crippen LogP contribution < -0.4 is 5.32 Å². The first-order chi connectivity index (χ1) is 16.4. The number of fused-ring (bicyclic) bond motifs is 2. The SMILES string of the molecule is O=C(Nc1ccc2nccnc2c1)[C@H](Cc1cc(F)cc(F)c1)N1C(=O)c2ccccc2C1=O. The second-order valence-electron chi connectivity index (χ2n) is 7.77. The number of imide groups is 1. The minimum Gasteiger partial charge on any atom is -0.324 e. The topological polar surface area (TPSA) is 92.3 Å². The van der Waals surface area contributed by atoms with Crippen LogP contribution in [0.25, 0.3) is 11.0 Å². The summed E-state index contributed by atoms with van der Waals surface area (Å²) in [5.74, 6) is -3.65. The van der Waals surface area contributed by atoms with Gasteiger partial charge in [0.15, 0.2) is 0 Å². The third kappa shape index (κ3) is 3.88. The molecular weight excluding hydrogens is 442 g/mol. The van der Waals surface area contributed by atoms with E-state index in [0.29, 0.717) is 22.8 Å². The van der Waals surface area contributed by atoms with Crippen molar-refractivity contribution >= 4 is 34.4 Å². The van der Waals surface area contributed by atoms with E-state index in [1.54, 1.807) is 30.3 Å². The molecule has 7 nitrogen and oxygen atoms in total. The van der Waals surface area contributed by atoms with Crippen molar-refractivity contribution in [3.05, 3.63) is 101 Å². The molecule has 1 aliphatic heterocycles. The Bertz CT molecular complexity index is 1420. The Morgan fingerprint density at radius 3 is 2.12 bits per heavy atom. The third-order valence-electron chi connectivity index (χ3n) is 5.53. The van der Waals surface area contributed by atoms with E-state index in [1.165, 1.54) is 24.5 Å². The molecule has 1 N–H and O–H groups in total. The molecule has 0 fully saturated rings. The molecule has 2 heterocycles. The number of nitrogens with zero attached hydrogens (tertiary/aromatic N) is 3. The van der Waals surface area contributed by atoms with Gasteiger partial charge in [-0.05, 0) is 48.0 Å². The van der Waals surface area contributed by atoms with Crippen LogP contribution >= 0.6 is 0 Å². The van der Waals surface area contributed by atoms with Crippen LogP contribution in [-0.4, -0.2) is 38.6 Å². The molecule has 0 unspecified atom stereocenters. The number of hydrogen-bond acceptors (Lipinski definition) is 5. The molecule has 3 aromatic carbocycles. The summed E-state index contributed by atoms with van der Waals surface area (Å²) in [5.41, 5.74) is 1.97. The highest BCUT2D eigenvalue weighted by atomic mass is 19.1. The van der Waals surface area contributed by atoms with Gasteiger partial charge in [-0.2, -0.15) is 0 Å². The summed E-state index contributed by atoms with van der Waals surface area (Å²) in [7, 11) is 0. The summed E-state index contributed by atoms with van der Waals surface area (Å²) in [4.78, 5) is 48.7. The monoisotopic (exact) mass is 458 g/mol. The Hall–Kier alpha value is -4.53. The molecule has 1 aromatic heterocycles. The number of halogens is 2. The van der Waals surface area contributed by atoms with Crippen LogP contribution in [0, 0.1) is 11.6 Å². The molecule has 1 aliphatic rings. The fraction of sp³-hybridized carbons (Fsp3) is 0.0800. The minimum atomic E-state index is -1.36. The second-order valence-corrected chi connectivity index (χ2v) is 7.77. The number of nitrogens with one attached hydrogen (secondary N) is 1. The van der Waals surface area contributed by atoms with Gasteiger partial charge in [-0.3, -0.25) is 29.3 Å². The Labute approximate surface area is 192 Å². The van der Waals surface area contributed by atoms with Crippen molar-refractivity contribution in [3.63, 3.8) is 0 Å². The number of benzene rings is 3. The van der Waals surface area contributed by atoms with Gasteiger partial charge in [-0.15, -0.1) is 0 Å². The lowest BCUT2D eigenvalue weighted by Crippen LogP contribution is -2.48. The lowest BCUT2D eigenvalue weighted by atomic mass is 10.0. The molecule has 0 radical (unpaired) electrons. The summed E-state index contributed by atoms with van der Waals surface area (Å²) in [6, 6.07) is 12.6. The zero-order valence-electron chi connectivity index (χ0n) is 17.5. The number of anilines is 1. The third-order valence-corrected chi connectivity index (χ3v) is 5.53. The van der Waals surface area contributed by atoms with Gasteiger partial charge in [0.25, 0.3) is 11.8 Å². The summed E-state index contributed by atoms with van der Waals surface area (Å²) in [5, 5.41) is 2.69. The zero-order valence-corrected chi connectivity index (χ0v) is 17.5. The molecule has 4 aromatic rings. The largest absolute Gasteiger partial charge is 0.324 e. The van der Waals surface area contributed by atoms with Gasteiger partial charge in [0.1, 0.15) is 17.7 Å². The Kier molecular flexibility index (Phi) is 5.29. The summed E-state index contributed by atoms with van der Waals surface area (Å²) >= 11 is 0. The molecule has 0 saturated carbocycles. The van der Waals surface area contributed by atoms with Crippen molar-refractivity contribution in [2.24, 2.45) is 0 Å². The Morgan fingerprint density at radius 1 is 0.853 bits per heavy atom. The lowest BCUT2D eigenvalue weighted by Gasteiger charge is -2.25. The van der Waals surface area contributed by atoms with Crippen LogP contribution in [0.2, 0.25) is 0 Å². The van der Waals surface area contributed by atoms with E-state index >= 15 is 0 Å². The number of carbonyl (C=O) groups is 3. The highest BCUT2D eigenvalue weighted by Crippen LogP contribution is 2.27. The molecule has 0 saturated heterocycles. The normalized spacial score (nSPS) is 13.8. The molecule has 9 heteroatoms. The number of amides is 3. The van der Waals surface area contributed by atoms with Crippen molar-refractivity contribution in [2.45, 2.75) is 12.5 Å². The fourth-order valence-corrected chi connectivity index (χ4v) is 4.01. The summed E-state index contributed by atoms with van der Waals surface area (Å²) in [6.45, 7) is 0. The molecule has 168 valence electrons. The van der Waals surface area contributed by atoms with E-state index in [0.717, 1.165) is 17.0 Å². The maximum Gasteiger partial charge on any atom is 0.262 e. The molecule has 34 heavy (non-hydrogen) atoms. The van der Waals surface area contributed by atoms with Gasteiger partial charge >= 0.3 is 0 Å².